The average molecular weight is 845 g/mol. The molecule has 310 valence electrons. The summed E-state index contributed by atoms with van der Waals surface area (Å²) in [5.74, 6) is 0.573. The van der Waals surface area contributed by atoms with E-state index >= 15 is 0 Å². The van der Waals surface area contributed by atoms with Gasteiger partial charge in [-0.2, -0.15) is 0 Å². The molecular formula is C61H40N4O. The van der Waals surface area contributed by atoms with Gasteiger partial charge >= 0.3 is 0 Å². The second kappa shape index (κ2) is 14.9. The van der Waals surface area contributed by atoms with Gasteiger partial charge in [-0.15, -0.1) is 0 Å². The van der Waals surface area contributed by atoms with E-state index in [2.05, 4.69) is 223 Å². The minimum atomic E-state index is 0.573. The number of aliphatic imine (C=N–C) groups is 2. The van der Waals surface area contributed by atoms with Crippen LogP contribution in [0.1, 0.15) is 23.6 Å². The lowest BCUT2D eigenvalue weighted by atomic mass is 10.0. The first-order valence-electron chi connectivity index (χ1n) is 22.3. The summed E-state index contributed by atoms with van der Waals surface area (Å²) in [4.78, 5) is 11.1. The second-order valence-corrected chi connectivity index (χ2v) is 17.1. The Bertz CT molecular complexity index is 4200. The van der Waals surface area contributed by atoms with E-state index in [-0.39, 0.29) is 0 Å². The van der Waals surface area contributed by atoms with Crippen molar-refractivity contribution in [2.75, 3.05) is 0 Å². The molecule has 0 amide bonds. The first-order valence-corrected chi connectivity index (χ1v) is 22.3. The topological polar surface area (TPSA) is 47.7 Å². The Morgan fingerprint density at radius 1 is 0.424 bits per heavy atom. The Morgan fingerprint density at radius 2 is 1.06 bits per heavy atom. The van der Waals surface area contributed by atoms with Crippen molar-refractivity contribution >= 4 is 104 Å². The predicted octanol–water partition coefficient (Wildman–Crippen LogP) is 16.0. The Balaban J connectivity index is 1.10. The van der Waals surface area contributed by atoms with E-state index in [0.717, 1.165) is 93.9 Å². The summed E-state index contributed by atoms with van der Waals surface area (Å²) in [6.45, 7) is 6.72. The fourth-order valence-corrected chi connectivity index (χ4v) is 10.1. The standard InChI is InChI=1S/C61H40N4O/c1-38(41-32-31-40-17-6-7-18-42(40)33-41)62-61(49-26-16-29-55-60(49)48-25-11-14-28-54(48)64(55)45-21-4-3-5-22-45)63-39(2)50-36-52-47-24-12-15-30-58(47)66-59(52)37-57(50)65-53-27-13-10-23-46(53)51-34-43-19-8-9-20-44(43)35-56(51)65/h3-37H,1H2,2H3. The van der Waals surface area contributed by atoms with Crippen LogP contribution >= 0.6 is 0 Å². The average Bonchev–Trinajstić information content (AvgIpc) is 4.02. The third-order valence-electron chi connectivity index (χ3n) is 13.2. The van der Waals surface area contributed by atoms with Gasteiger partial charge in [0, 0.05) is 66.5 Å². The number of rotatable bonds is 6. The normalized spacial score (nSPS) is 12.6. The van der Waals surface area contributed by atoms with Crippen molar-refractivity contribution < 1.29 is 4.42 Å². The molecule has 66 heavy (non-hydrogen) atoms. The lowest BCUT2D eigenvalue weighted by Gasteiger charge is -2.15. The Hall–Kier alpha value is -8.80. The largest absolute Gasteiger partial charge is 0.456 e. The quantitative estimate of drug-likeness (QED) is 0.121. The summed E-state index contributed by atoms with van der Waals surface area (Å²) < 4.78 is 11.4. The van der Waals surface area contributed by atoms with Crippen LogP contribution in [0.3, 0.4) is 0 Å². The SMILES string of the molecule is C=C(N=C(N=C(C)c1cc2c(cc1-n1c3ccccc3c3cc4ccccc4cc31)oc1ccccc12)c1cccc2c1c1ccccc1n2-c1ccccc1)c1ccc2ccccc2c1. The number of amidine groups is 1. The van der Waals surface area contributed by atoms with Crippen molar-refractivity contribution in [3.63, 3.8) is 0 Å². The highest BCUT2D eigenvalue weighted by Gasteiger charge is 2.22. The highest BCUT2D eigenvalue weighted by atomic mass is 16.3. The molecular weight excluding hydrogens is 805 g/mol. The van der Waals surface area contributed by atoms with Crippen LogP contribution in [0.2, 0.25) is 0 Å². The van der Waals surface area contributed by atoms with Crippen LogP contribution in [0.25, 0.3) is 104 Å². The highest BCUT2D eigenvalue weighted by molar-refractivity contribution is 6.25. The van der Waals surface area contributed by atoms with Gasteiger partial charge < -0.3 is 13.6 Å². The highest BCUT2D eigenvalue weighted by Crippen LogP contribution is 2.40. The fraction of sp³-hybridized carbons (Fsp3) is 0.0164. The van der Waals surface area contributed by atoms with E-state index in [1.807, 2.05) is 12.1 Å². The number of furan rings is 1. The van der Waals surface area contributed by atoms with Gasteiger partial charge in [-0.05, 0) is 89.1 Å². The van der Waals surface area contributed by atoms with Crippen molar-refractivity contribution in [3.8, 4) is 11.4 Å². The molecule has 3 aromatic heterocycles. The van der Waals surface area contributed by atoms with E-state index in [4.69, 9.17) is 14.4 Å². The van der Waals surface area contributed by atoms with E-state index < -0.39 is 0 Å². The van der Waals surface area contributed by atoms with E-state index in [9.17, 15) is 0 Å². The summed E-state index contributed by atoms with van der Waals surface area (Å²) >= 11 is 0. The van der Waals surface area contributed by atoms with Gasteiger partial charge in [0.05, 0.1) is 33.5 Å². The number of aromatic nitrogens is 2. The molecule has 13 rings (SSSR count). The van der Waals surface area contributed by atoms with E-state index in [1.165, 1.54) is 26.9 Å². The molecule has 0 radical (unpaired) electrons. The van der Waals surface area contributed by atoms with Crippen LogP contribution in [0.5, 0.6) is 0 Å². The molecule has 5 nitrogen and oxygen atoms in total. The molecule has 0 aliphatic rings. The first-order chi connectivity index (χ1) is 32.6. The maximum atomic E-state index is 6.64. The molecule has 0 spiro atoms. The number of hydrogen-bond acceptors (Lipinski definition) is 2. The minimum Gasteiger partial charge on any atom is -0.456 e. The van der Waals surface area contributed by atoms with Crippen molar-refractivity contribution in [3.05, 3.63) is 236 Å². The van der Waals surface area contributed by atoms with E-state index in [0.29, 0.717) is 11.5 Å². The molecule has 0 atom stereocenters. The molecule has 0 bridgehead atoms. The van der Waals surface area contributed by atoms with Crippen molar-refractivity contribution in [1.29, 1.82) is 0 Å². The molecule has 5 heteroatoms. The molecule has 13 aromatic rings. The Kier molecular flexibility index (Phi) is 8.52. The lowest BCUT2D eigenvalue weighted by Crippen LogP contribution is -2.09. The smallest absolute Gasteiger partial charge is 0.160 e. The minimum absolute atomic E-state index is 0.573. The van der Waals surface area contributed by atoms with Crippen LogP contribution < -0.4 is 0 Å². The summed E-state index contributed by atoms with van der Waals surface area (Å²) in [6, 6.07) is 75.0. The summed E-state index contributed by atoms with van der Waals surface area (Å²) in [7, 11) is 0. The van der Waals surface area contributed by atoms with Crippen LogP contribution in [0.15, 0.2) is 233 Å². The predicted molar refractivity (Wildman–Crippen MR) is 278 cm³/mol. The van der Waals surface area contributed by atoms with Crippen molar-refractivity contribution in [1.82, 2.24) is 9.13 Å². The number of benzene rings is 10. The summed E-state index contributed by atoms with van der Waals surface area (Å²) in [5.41, 5.74) is 12.3. The monoisotopic (exact) mass is 844 g/mol. The number of para-hydroxylation sites is 4. The molecule has 0 N–H and O–H groups in total. The number of hydrogen-bond donors (Lipinski definition) is 0. The third-order valence-corrected chi connectivity index (χ3v) is 13.2. The molecule has 0 saturated carbocycles. The number of fused-ring (bicyclic) bond motifs is 11. The second-order valence-electron chi connectivity index (χ2n) is 17.1. The van der Waals surface area contributed by atoms with Gasteiger partial charge in [-0.1, -0.05) is 152 Å². The molecule has 0 saturated heterocycles. The Labute approximate surface area is 380 Å². The Morgan fingerprint density at radius 3 is 1.86 bits per heavy atom. The van der Waals surface area contributed by atoms with Crippen molar-refractivity contribution in [2.45, 2.75) is 6.92 Å². The maximum Gasteiger partial charge on any atom is 0.160 e. The van der Waals surface area contributed by atoms with E-state index in [1.54, 1.807) is 0 Å². The molecule has 0 unspecified atom stereocenters. The van der Waals surface area contributed by atoms with Crippen LogP contribution in [-0.4, -0.2) is 20.7 Å². The summed E-state index contributed by atoms with van der Waals surface area (Å²) in [5, 5.41) is 11.3. The van der Waals surface area contributed by atoms with Crippen LogP contribution in [-0.2, 0) is 0 Å². The molecule has 0 aliphatic carbocycles. The van der Waals surface area contributed by atoms with Gasteiger partial charge in [0.15, 0.2) is 5.84 Å². The fourth-order valence-electron chi connectivity index (χ4n) is 10.1. The van der Waals surface area contributed by atoms with Crippen molar-refractivity contribution in [2.24, 2.45) is 9.98 Å². The van der Waals surface area contributed by atoms with Gasteiger partial charge in [0.2, 0.25) is 0 Å². The zero-order valence-electron chi connectivity index (χ0n) is 36.1. The van der Waals surface area contributed by atoms with Crippen LogP contribution in [0.4, 0.5) is 0 Å². The molecule has 0 aliphatic heterocycles. The number of nitrogens with zero attached hydrogens (tertiary/aromatic N) is 4. The summed E-state index contributed by atoms with van der Waals surface area (Å²) in [6.07, 6.45) is 0. The van der Waals surface area contributed by atoms with Crippen LogP contribution in [0, 0.1) is 0 Å². The third kappa shape index (κ3) is 5.94. The zero-order chi connectivity index (χ0) is 43.9. The van der Waals surface area contributed by atoms with Gasteiger partial charge in [0.25, 0.3) is 0 Å². The van der Waals surface area contributed by atoms with Gasteiger partial charge in [-0.25, -0.2) is 9.98 Å². The van der Waals surface area contributed by atoms with Gasteiger partial charge in [-0.3, -0.25) is 0 Å². The first kappa shape index (κ1) is 37.7. The zero-order valence-corrected chi connectivity index (χ0v) is 36.1. The molecule has 10 aromatic carbocycles. The molecule has 3 heterocycles. The van der Waals surface area contributed by atoms with Gasteiger partial charge in [0.1, 0.15) is 11.2 Å². The maximum absolute atomic E-state index is 6.64. The lowest BCUT2D eigenvalue weighted by molar-refractivity contribution is 0.668. The molecule has 0 fully saturated rings.